The molecule has 0 aromatic heterocycles. The van der Waals surface area contributed by atoms with Gasteiger partial charge in [0.2, 0.25) is 0 Å². The zero-order chi connectivity index (χ0) is 19.4. The quantitative estimate of drug-likeness (QED) is 0.536. The van der Waals surface area contributed by atoms with Gasteiger partial charge in [-0.3, -0.25) is 0 Å². The molecule has 2 saturated carbocycles. The minimum atomic E-state index is -0.870. The molecule has 5 heteroatoms. The summed E-state index contributed by atoms with van der Waals surface area (Å²) >= 11 is 8.28. The molecular weight excluding hydrogens is 475 g/mol. The van der Waals surface area contributed by atoms with Crippen LogP contribution in [0.5, 0.6) is 5.75 Å². The first-order valence-electron chi connectivity index (χ1n) is 9.98. The number of phenolic OH excluding ortho intramolecular Hbond substituents is 1. The van der Waals surface area contributed by atoms with Gasteiger partial charge in [0.1, 0.15) is 5.75 Å². The lowest BCUT2D eigenvalue weighted by Crippen LogP contribution is -2.54. The van der Waals surface area contributed by atoms with Crippen molar-refractivity contribution in [3.05, 3.63) is 38.4 Å². The Labute approximate surface area is 180 Å². The summed E-state index contributed by atoms with van der Waals surface area (Å²) in [6.45, 7) is 4.96. The minimum Gasteiger partial charge on any atom is -0.508 e. The number of fused-ring (bicyclic) bond motifs is 5. The third kappa shape index (κ3) is 3.15. The van der Waals surface area contributed by atoms with E-state index in [9.17, 15) is 10.2 Å². The lowest BCUT2D eigenvalue weighted by Gasteiger charge is -2.55. The second kappa shape index (κ2) is 7.19. The van der Waals surface area contributed by atoms with Gasteiger partial charge in [-0.25, -0.2) is 0 Å². The molecule has 2 N–H and O–H groups in total. The summed E-state index contributed by atoms with van der Waals surface area (Å²) in [6.07, 6.45) is 6.64. The van der Waals surface area contributed by atoms with Crippen LogP contribution in [0.1, 0.15) is 56.6 Å². The molecule has 1 aromatic rings. The molecule has 27 heavy (non-hydrogen) atoms. The Morgan fingerprint density at radius 2 is 2.19 bits per heavy atom. The molecule has 148 valence electrons. The van der Waals surface area contributed by atoms with E-state index in [1.165, 1.54) is 11.1 Å². The molecule has 0 amide bonds. The van der Waals surface area contributed by atoms with Crippen LogP contribution in [-0.4, -0.2) is 28.5 Å². The molecule has 0 spiro atoms. The predicted molar refractivity (Wildman–Crippen MR) is 116 cm³/mol. The number of hydrogen-bond acceptors (Lipinski definition) is 3. The second-order valence-corrected chi connectivity index (χ2v) is 10.9. The number of ether oxygens (including phenoxy) is 1. The van der Waals surface area contributed by atoms with E-state index in [4.69, 9.17) is 16.3 Å². The number of phenols is 1. The van der Waals surface area contributed by atoms with Crippen molar-refractivity contribution >= 4 is 34.2 Å². The van der Waals surface area contributed by atoms with Gasteiger partial charge < -0.3 is 14.9 Å². The number of benzene rings is 1. The highest BCUT2D eigenvalue weighted by molar-refractivity contribution is 14.1. The van der Waals surface area contributed by atoms with Crippen molar-refractivity contribution in [1.29, 1.82) is 0 Å². The fourth-order valence-corrected chi connectivity index (χ4v) is 7.14. The van der Waals surface area contributed by atoms with E-state index in [1.54, 1.807) is 0 Å². The summed E-state index contributed by atoms with van der Waals surface area (Å²) in [5.74, 6) is 1.63. The second-order valence-electron chi connectivity index (χ2n) is 8.73. The zero-order valence-electron chi connectivity index (χ0n) is 15.9. The molecule has 0 bridgehead atoms. The van der Waals surface area contributed by atoms with E-state index < -0.39 is 5.60 Å². The Hall–Kier alpha value is -0.300. The molecule has 1 aromatic carbocycles. The normalized spacial score (nSPS) is 41.0. The third-order valence-electron chi connectivity index (χ3n) is 7.61. The summed E-state index contributed by atoms with van der Waals surface area (Å²) in [4.78, 5) is 0. The lowest BCUT2D eigenvalue weighted by atomic mass is 9.52. The maximum atomic E-state index is 11.6. The van der Waals surface area contributed by atoms with Gasteiger partial charge in [0.25, 0.3) is 0 Å². The molecule has 0 heterocycles. The lowest BCUT2D eigenvalue weighted by molar-refractivity contribution is -0.127. The maximum Gasteiger partial charge on any atom is 0.115 e. The van der Waals surface area contributed by atoms with Crippen LogP contribution in [0.15, 0.2) is 27.3 Å². The van der Waals surface area contributed by atoms with E-state index in [0.29, 0.717) is 33.1 Å². The molecule has 4 rings (SSSR count). The van der Waals surface area contributed by atoms with Crippen LogP contribution < -0.4 is 0 Å². The molecule has 0 radical (unpaired) electrons. The van der Waals surface area contributed by atoms with Gasteiger partial charge in [0.05, 0.1) is 14.7 Å². The molecule has 3 aliphatic carbocycles. The molecule has 6 atom stereocenters. The first-order valence-corrected chi connectivity index (χ1v) is 11.4. The summed E-state index contributed by atoms with van der Waals surface area (Å²) in [7, 11) is 0. The Kier molecular flexibility index (Phi) is 5.32. The van der Waals surface area contributed by atoms with Gasteiger partial charge in [0.15, 0.2) is 0 Å². The molecule has 0 aliphatic heterocycles. The number of hydrogen-bond donors (Lipinski definition) is 2. The maximum absolute atomic E-state index is 11.6. The van der Waals surface area contributed by atoms with Gasteiger partial charge in [-0.15, -0.1) is 0 Å². The van der Waals surface area contributed by atoms with Crippen LogP contribution in [0.4, 0.5) is 0 Å². The fraction of sp³-hybridized carbons (Fsp3) is 0.636. The summed E-state index contributed by atoms with van der Waals surface area (Å²) in [5, 5.41) is 21.5. The molecule has 3 aliphatic rings. The van der Waals surface area contributed by atoms with Crippen molar-refractivity contribution in [2.24, 2.45) is 17.3 Å². The van der Waals surface area contributed by atoms with Gasteiger partial charge in [-0.1, -0.05) is 24.6 Å². The topological polar surface area (TPSA) is 49.7 Å². The first kappa shape index (κ1) is 20.0. The van der Waals surface area contributed by atoms with Gasteiger partial charge in [0, 0.05) is 17.9 Å². The average molecular weight is 503 g/mol. The molecule has 0 saturated heterocycles. The molecular formula is C22H28ClIO3. The number of aliphatic hydroxyl groups is 1. The average Bonchev–Trinajstić information content (AvgIpc) is 2.84. The van der Waals surface area contributed by atoms with Crippen molar-refractivity contribution in [3.63, 3.8) is 0 Å². The fourth-order valence-electron chi connectivity index (χ4n) is 6.45. The molecule has 0 unspecified atom stereocenters. The zero-order valence-corrected chi connectivity index (χ0v) is 18.8. The Bertz CT molecular complexity index is 762. The summed E-state index contributed by atoms with van der Waals surface area (Å²) in [5.41, 5.74) is 1.50. The van der Waals surface area contributed by atoms with Crippen LogP contribution >= 0.6 is 34.2 Å². The predicted octanol–water partition coefficient (Wildman–Crippen LogP) is 5.51. The van der Waals surface area contributed by atoms with Crippen molar-refractivity contribution in [3.8, 4) is 5.75 Å². The smallest absolute Gasteiger partial charge is 0.115 e. The monoisotopic (exact) mass is 502 g/mol. The highest BCUT2D eigenvalue weighted by Gasteiger charge is 2.63. The Balaban J connectivity index is 1.78. The number of aromatic hydroxyl groups is 1. The van der Waals surface area contributed by atoms with Gasteiger partial charge >= 0.3 is 0 Å². The van der Waals surface area contributed by atoms with Crippen LogP contribution in [0.25, 0.3) is 0 Å². The van der Waals surface area contributed by atoms with Crippen LogP contribution in [-0.2, 0) is 11.2 Å². The van der Waals surface area contributed by atoms with E-state index in [2.05, 4.69) is 35.6 Å². The van der Waals surface area contributed by atoms with E-state index in [-0.39, 0.29) is 11.5 Å². The molecule has 3 nitrogen and oxygen atoms in total. The van der Waals surface area contributed by atoms with Crippen LogP contribution in [0.2, 0.25) is 0 Å². The summed E-state index contributed by atoms with van der Waals surface area (Å²) < 4.78 is 6.92. The number of halogens is 2. The SMILES string of the molecule is CCO[C@H]1C[C@@]2(C)[C@@H](CC[C@@]2(O)/C=C(\Cl)I)[C@@H]2CCc3cc(O)ccc3[C@H]21. The number of rotatable bonds is 3. The van der Waals surface area contributed by atoms with Crippen molar-refractivity contribution in [2.75, 3.05) is 6.61 Å². The highest BCUT2D eigenvalue weighted by Crippen LogP contribution is 2.65. The Morgan fingerprint density at radius 1 is 1.41 bits per heavy atom. The Morgan fingerprint density at radius 3 is 2.89 bits per heavy atom. The van der Waals surface area contributed by atoms with E-state index in [0.717, 1.165) is 32.1 Å². The number of aryl methyl sites for hydroxylation is 1. The first-order chi connectivity index (χ1) is 12.8. The van der Waals surface area contributed by atoms with E-state index in [1.807, 2.05) is 25.1 Å². The standard InChI is InChI=1S/C22H28ClIO3/c1-3-27-18-11-21(2)17(8-9-22(21,26)12-19(23)24)16-6-4-13-10-14(25)5-7-15(13)20(16)18/h5,7,10,12,16-18,20,25-26H,3-4,6,8-9,11H2,1-2H3/b19-12+/t16-,17-,18-,20+,21-,22+/m0/s1. The van der Waals surface area contributed by atoms with Crippen molar-refractivity contribution in [1.82, 2.24) is 0 Å². The third-order valence-corrected chi connectivity index (χ3v) is 8.03. The van der Waals surface area contributed by atoms with Crippen LogP contribution in [0, 0.1) is 17.3 Å². The minimum absolute atomic E-state index is 0.0795. The van der Waals surface area contributed by atoms with Gasteiger partial charge in [-0.05, 0) is 103 Å². The summed E-state index contributed by atoms with van der Waals surface area (Å²) in [6, 6.07) is 5.83. The van der Waals surface area contributed by atoms with E-state index >= 15 is 0 Å². The van der Waals surface area contributed by atoms with Crippen LogP contribution in [0.3, 0.4) is 0 Å². The van der Waals surface area contributed by atoms with Crippen molar-refractivity contribution in [2.45, 2.75) is 63.6 Å². The highest BCUT2D eigenvalue weighted by atomic mass is 127. The molecule has 2 fully saturated rings. The van der Waals surface area contributed by atoms with Crippen molar-refractivity contribution < 1.29 is 14.9 Å². The largest absolute Gasteiger partial charge is 0.508 e. The van der Waals surface area contributed by atoms with Gasteiger partial charge in [-0.2, -0.15) is 0 Å².